The lowest BCUT2D eigenvalue weighted by molar-refractivity contribution is 0.259. The van der Waals surface area contributed by atoms with Crippen molar-refractivity contribution in [2.24, 2.45) is 5.73 Å². The third kappa shape index (κ3) is 3.24. The number of nitrogens with one attached hydrogen (secondary N) is 1. The van der Waals surface area contributed by atoms with Crippen LogP contribution in [0.2, 0.25) is 0 Å². The smallest absolute Gasteiger partial charge is 0.316 e. The van der Waals surface area contributed by atoms with Gasteiger partial charge in [-0.15, -0.1) is 0 Å². The predicted octanol–water partition coefficient (Wildman–Crippen LogP) is 2.97. The molecule has 2 rings (SSSR count). The fourth-order valence-electron chi connectivity index (χ4n) is 1.37. The van der Waals surface area contributed by atoms with E-state index in [1.54, 1.807) is 24.3 Å². The van der Waals surface area contributed by atoms with E-state index in [-0.39, 0.29) is 0 Å². The number of ether oxygens (including phenoxy) is 1. The van der Waals surface area contributed by atoms with Crippen molar-refractivity contribution >= 4 is 11.7 Å². The van der Waals surface area contributed by atoms with E-state index in [2.05, 4.69) is 5.32 Å². The first kappa shape index (κ1) is 11.0. The number of primary amides is 1. The van der Waals surface area contributed by atoms with Gasteiger partial charge in [-0.3, -0.25) is 0 Å². The minimum absolute atomic E-state index is 0.582. The second-order valence-electron chi connectivity index (χ2n) is 3.43. The first-order valence-electron chi connectivity index (χ1n) is 5.13. The van der Waals surface area contributed by atoms with E-state index in [1.807, 2.05) is 30.3 Å². The number of hydrogen-bond acceptors (Lipinski definition) is 2. The van der Waals surface area contributed by atoms with Gasteiger partial charge in [-0.1, -0.05) is 18.2 Å². The van der Waals surface area contributed by atoms with Crippen molar-refractivity contribution in [2.45, 2.75) is 0 Å². The highest BCUT2D eigenvalue weighted by molar-refractivity contribution is 5.87. The average molecular weight is 228 g/mol. The summed E-state index contributed by atoms with van der Waals surface area (Å²) in [7, 11) is 0. The van der Waals surface area contributed by atoms with Crippen LogP contribution in [0.15, 0.2) is 54.6 Å². The number of carbonyl (C=O) groups excluding carboxylic acids is 1. The molecule has 0 aliphatic carbocycles. The summed E-state index contributed by atoms with van der Waals surface area (Å²) < 4.78 is 5.59. The molecule has 2 aromatic carbocycles. The summed E-state index contributed by atoms with van der Waals surface area (Å²) in [6, 6.07) is 15.9. The molecule has 0 aliphatic rings. The second kappa shape index (κ2) is 5.03. The van der Waals surface area contributed by atoms with Crippen molar-refractivity contribution in [1.82, 2.24) is 0 Å². The lowest BCUT2D eigenvalue weighted by Crippen LogP contribution is -2.19. The van der Waals surface area contributed by atoms with Gasteiger partial charge in [0.2, 0.25) is 0 Å². The average Bonchev–Trinajstić information content (AvgIpc) is 2.32. The lowest BCUT2D eigenvalue weighted by Gasteiger charge is -2.06. The Morgan fingerprint density at radius 1 is 0.941 bits per heavy atom. The van der Waals surface area contributed by atoms with Gasteiger partial charge in [0.1, 0.15) is 11.5 Å². The number of rotatable bonds is 3. The Kier molecular flexibility index (Phi) is 3.25. The first-order valence-corrected chi connectivity index (χ1v) is 5.13. The van der Waals surface area contributed by atoms with Gasteiger partial charge in [0.05, 0.1) is 0 Å². The van der Waals surface area contributed by atoms with Gasteiger partial charge < -0.3 is 15.8 Å². The molecule has 2 aromatic rings. The molecule has 0 unspecified atom stereocenters. The second-order valence-corrected chi connectivity index (χ2v) is 3.43. The molecule has 0 spiro atoms. The summed E-state index contributed by atoms with van der Waals surface area (Å²) in [6.45, 7) is 0. The van der Waals surface area contributed by atoms with Crippen LogP contribution < -0.4 is 15.8 Å². The van der Waals surface area contributed by atoms with Crippen LogP contribution in [-0.2, 0) is 0 Å². The van der Waals surface area contributed by atoms with E-state index in [0.29, 0.717) is 11.4 Å². The summed E-state index contributed by atoms with van der Waals surface area (Å²) in [4.78, 5) is 10.6. The molecule has 86 valence electrons. The summed E-state index contributed by atoms with van der Waals surface area (Å²) in [5, 5.41) is 2.48. The molecule has 4 nitrogen and oxygen atoms in total. The Balaban J connectivity index is 2.06. The zero-order valence-corrected chi connectivity index (χ0v) is 9.09. The van der Waals surface area contributed by atoms with Crippen molar-refractivity contribution in [2.75, 3.05) is 5.32 Å². The normalized spacial score (nSPS) is 9.65. The molecule has 2 amide bonds. The number of anilines is 1. The molecule has 0 atom stereocenters. The standard InChI is InChI=1S/C13H12N2O2/c14-13(16)15-10-6-8-12(9-7-10)17-11-4-2-1-3-5-11/h1-9H,(H3,14,15,16). The maximum atomic E-state index is 10.6. The third-order valence-electron chi connectivity index (χ3n) is 2.10. The number of carbonyl (C=O) groups is 1. The minimum atomic E-state index is -0.582. The SMILES string of the molecule is NC(=O)Nc1ccc(Oc2ccccc2)cc1. The monoisotopic (exact) mass is 228 g/mol. The molecule has 0 radical (unpaired) electrons. The molecular weight excluding hydrogens is 216 g/mol. The van der Waals surface area contributed by atoms with E-state index in [1.165, 1.54) is 0 Å². The van der Waals surface area contributed by atoms with Crippen molar-refractivity contribution < 1.29 is 9.53 Å². The zero-order valence-electron chi connectivity index (χ0n) is 9.09. The van der Waals surface area contributed by atoms with E-state index in [4.69, 9.17) is 10.5 Å². The number of nitrogens with two attached hydrogens (primary N) is 1. The molecule has 0 heterocycles. The largest absolute Gasteiger partial charge is 0.457 e. The fourth-order valence-corrected chi connectivity index (χ4v) is 1.37. The Morgan fingerprint density at radius 2 is 1.53 bits per heavy atom. The van der Waals surface area contributed by atoms with E-state index in [9.17, 15) is 4.79 Å². The van der Waals surface area contributed by atoms with E-state index >= 15 is 0 Å². The van der Waals surface area contributed by atoms with Crippen molar-refractivity contribution in [3.8, 4) is 11.5 Å². The quantitative estimate of drug-likeness (QED) is 0.848. The van der Waals surface area contributed by atoms with Crippen molar-refractivity contribution in [1.29, 1.82) is 0 Å². The Labute approximate surface area is 99.0 Å². The van der Waals surface area contributed by atoms with Crippen LogP contribution in [0, 0.1) is 0 Å². The highest BCUT2D eigenvalue weighted by Crippen LogP contribution is 2.22. The van der Waals surface area contributed by atoms with Crippen LogP contribution in [0.3, 0.4) is 0 Å². The van der Waals surface area contributed by atoms with E-state index in [0.717, 1.165) is 5.75 Å². The van der Waals surface area contributed by atoms with E-state index < -0.39 is 6.03 Å². The van der Waals surface area contributed by atoms with Crippen LogP contribution in [0.25, 0.3) is 0 Å². The Bertz CT molecular complexity index is 495. The van der Waals surface area contributed by atoms with Gasteiger partial charge in [0, 0.05) is 5.69 Å². The number of urea groups is 1. The van der Waals surface area contributed by atoms with Gasteiger partial charge >= 0.3 is 6.03 Å². The van der Waals surface area contributed by atoms with Crippen LogP contribution in [-0.4, -0.2) is 6.03 Å². The first-order chi connectivity index (χ1) is 8.24. The van der Waals surface area contributed by atoms with Crippen molar-refractivity contribution in [3.05, 3.63) is 54.6 Å². The third-order valence-corrected chi connectivity index (χ3v) is 2.10. The van der Waals surface area contributed by atoms with Gasteiger partial charge in [0.25, 0.3) is 0 Å². The summed E-state index contributed by atoms with van der Waals surface area (Å²) in [6.07, 6.45) is 0. The van der Waals surface area contributed by atoms with Crippen LogP contribution in [0.5, 0.6) is 11.5 Å². The fraction of sp³-hybridized carbons (Fsp3) is 0. The Hall–Kier alpha value is -2.49. The van der Waals surface area contributed by atoms with Gasteiger partial charge in [-0.05, 0) is 36.4 Å². The predicted molar refractivity (Wildman–Crippen MR) is 66.2 cm³/mol. The van der Waals surface area contributed by atoms with Gasteiger partial charge in [-0.2, -0.15) is 0 Å². The summed E-state index contributed by atoms with van der Waals surface area (Å²) >= 11 is 0. The zero-order chi connectivity index (χ0) is 12.1. The number of para-hydroxylation sites is 1. The number of benzene rings is 2. The molecule has 0 aromatic heterocycles. The van der Waals surface area contributed by atoms with Crippen molar-refractivity contribution in [3.63, 3.8) is 0 Å². The Morgan fingerprint density at radius 3 is 2.12 bits per heavy atom. The minimum Gasteiger partial charge on any atom is -0.457 e. The number of hydrogen-bond donors (Lipinski definition) is 2. The summed E-state index contributed by atoms with van der Waals surface area (Å²) in [5.41, 5.74) is 5.64. The summed E-state index contributed by atoms with van der Waals surface area (Å²) in [5.74, 6) is 1.47. The molecule has 0 saturated carbocycles. The van der Waals surface area contributed by atoms with Gasteiger partial charge in [0.15, 0.2) is 0 Å². The molecule has 0 saturated heterocycles. The lowest BCUT2D eigenvalue weighted by atomic mass is 10.3. The molecule has 4 heteroatoms. The maximum absolute atomic E-state index is 10.6. The number of amides is 2. The van der Waals surface area contributed by atoms with Gasteiger partial charge in [-0.25, -0.2) is 4.79 Å². The van der Waals surface area contributed by atoms with Crippen LogP contribution in [0.1, 0.15) is 0 Å². The molecule has 0 fully saturated rings. The highest BCUT2D eigenvalue weighted by atomic mass is 16.5. The highest BCUT2D eigenvalue weighted by Gasteiger charge is 1.98. The van der Waals surface area contributed by atoms with Crippen LogP contribution in [0.4, 0.5) is 10.5 Å². The topological polar surface area (TPSA) is 64.4 Å². The molecular formula is C13H12N2O2. The molecule has 0 aliphatic heterocycles. The molecule has 3 N–H and O–H groups in total. The molecule has 0 bridgehead atoms. The van der Waals surface area contributed by atoms with Crippen LogP contribution >= 0.6 is 0 Å². The maximum Gasteiger partial charge on any atom is 0.316 e. The molecule has 17 heavy (non-hydrogen) atoms.